The summed E-state index contributed by atoms with van der Waals surface area (Å²) in [5.74, 6) is 0.352. The minimum atomic E-state index is -0.110. The van der Waals surface area contributed by atoms with Crippen LogP contribution in [0, 0.1) is 22.7 Å². The van der Waals surface area contributed by atoms with Gasteiger partial charge in [0.25, 0.3) is 5.91 Å². The van der Waals surface area contributed by atoms with Crippen LogP contribution in [0.25, 0.3) is 0 Å². The Hall–Kier alpha value is -3.43. The largest absolute Gasteiger partial charge is 0.401 e. The van der Waals surface area contributed by atoms with Crippen molar-refractivity contribution in [2.45, 2.75) is 31.7 Å². The van der Waals surface area contributed by atoms with Crippen LogP contribution in [0.3, 0.4) is 0 Å². The van der Waals surface area contributed by atoms with Crippen molar-refractivity contribution in [3.8, 4) is 6.07 Å². The third-order valence-electron chi connectivity index (χ3n) is 6.95. The van der Waals surface area contributed by atoms with Gasteiger partial charge in [0.1, 0.15) is 0 Å². The maximum atomic E-state index is 13.2. The lowest BCUT2D eigenvalue weighted by Crippen LogP contribution is -2.37. The van der Waals surface area contributed by atoms with Crippen LogP contribution in [0.4, 0.5) is 0 Å². The first-order valence-corrected chi connectivity index (χ1v) is 11.6. The third kappa shape index (κ3) is 5.32. The first-order chi connectivity index (χ1) is 16.1. The molecule has 4 rings (SSSR count). The summed E-state index contributed by atoms with van der Waals surface area (Å²) < 4.78 is 0. The third-order valence-corrected chi connectivity index (χ3v) is 6.95. The number of hydrogen-bond acceptors (Lipinski definition) is 5. The van der Waals surface area contributed by atoms with Gasteiger partial charge in [-0.3, -0.25) is 9.69 Å². The summed E-state index contributed by atoms with van der Waals surface area (Å²) in [6, 6.07) is 20.2. The van der Waals surface area contributed by atoms with Crippen molar-refractivity contribution in [1.29, 1.82) is 10.7 Å². The number of hydrogen-bond donors (Lipinski definition) is 2. The predicted octanol–water partition coefficient (Wildman–Crippen LogP) is 3.65. The molecule has 3 N–H and O–H groups in total. The highest BCUT2D eigenvalue weighted by Gasteiger charge is 2.31. The number of benzene rings is 2. The van der Waals surface area contributed by atoms with Gasteiger partial charge in [-0.1, -0.05) is 42.5 Å². The van der Waals surface area contributed by atoms with Gasteiger partial charge in [-0.15, -0.1) is 0 Å². The Morgan fingerprint density at radius 1 is 1.06 bits per heavy atom. The normalized spacial score (nSPS) is 20.2. The van der Waals surface area contributed by atoms with Gasteiger partial charge in [-0.25, -0.2) is 0 Å². The van der Waals surface area contributed by atoms with Crippen molar-refractivity contribution in [3.05, 3.63) is 82.6 Å². The van der Waals surface area contributed by atoms with E-state index in [1.807, 2.05) is 47.4 Å². The molecule has 0 aromatic heterocycles. The monoisotopic (exact) mass is 441 g/mol. The SMILES string of the molecule is N#Cc1ccc(CN2CCC(/C(N)=C(/C=N)C(=O)N3CCC(c4ccccc4)C3)CC2)cc1. The number of rotatable bonds is 6. The molecule has 0 bridgehead atoms. The minimum Gasteiger partial charge on any atom is -0.401 e. The Morgan fingerprint density at radius 3 is 2.39 bits per heavy atom. The van der Waals surface area contributed by atoms with E-state index in [1.54, 1.807) is 0 Å². The highest BCUT2D eigenvalue weighted by molar-refractivity contribution is 6.12. The summed E-state index contributed by atoms with van der Waals surface area (Å²) in [4.78, 5) is 17.4. The van der Waals surface area contributed by atoms with Gasteiger partial charge in [-0.2, -0.15) is 5.26 Å². The Balaban J connectivity index is 1.35. The molecule has 6 nitrogen and oxygen atoms in total. The molecule has 1 atom stereocenters. The van der Waals surface area contributed by atoms with Crippen LogP contribution in [-0.2, 0) is 11.3 Å². The van der Waals surface area contributed by atoms with Crippen molar-refractivity contribution in [1.82, 2.24) is 9.80 Å². The Kier molecular flexibility index (Phi) is 7.21. The van der Waals surface area contributed by atoms with Crippen LogP contribution >= 0.6 is 0 Å². The van der Waals surface area contributed by atoms with E-state index in [-0.39, 0.29) is 11.8 Å². The van der Waals surface area contributed by atoms with E-state index in [1.165, 1.54) is 11.1 Å². The molecular formula is C27H31N5O. The fraction of sp³-hybridized carbons (Fsp3) is 0.370. The molecule has 0 spiro atoms. The fourth-order valence-electron chi connectivity index (χ4n) is 4.95. The highest BCUT2D eigenvalue weighted by atomic mass is 16.2. The summed E-state index contributed by atoms with van der Waals surface area (Å²) >= 11 is 0. The highest BCUT2D eigenvalue weighted by Crippen LogP contribution is 2.29. The molecule has 2 aromatic rings. The number of nitrogens with zero attached hydrogens (tertiary/aromatic N) is 3. The summed E-state index contributed by atoms with van der Waals surface area (Å²) in [5, 5.41) is 16.8. The van der Waals surface area contributed by atoms with Crippen molar-refractivity contribution in [2.75, 3.05) is 26.2 Å². The molecule has 2 aromatic carbocycles. The summed E-state index contributed by atoms with van der Waals surface area (Å²) in [7, 11) is 0. The number of carbonyl (C=O) groups excluding carboxylic acids is 1. The first kappa shape index (κ1) is 22.8. The van der Waals surface area contributed by atoms with Crippen LogP contribution in [0.15, 0.2) is 65.9 Å². The molecule has 2 aliphatic heterocycles. The van der Waals surface area contributed by atoms with Crippen LogP contribution in [0.2, 0.25) is 0 Å². The van der Waals surface area contributed by atoms with Gasteiger partial charge in [0, 0.05) is 43.4 Å². The molecule has 170 valence electrons. The molecule has 33 heavy (non-hydrogen) atoms. The molecule has 2 heterocycles. The van der Waals surface area contributed by atoms with Crippen LogP contribution in [0.1, 0.15) is 41.9 Å². The van der Waals surface area contributed by atoms with Gasteiger partial charge in [0.2, 0.25) is 0 Å². The van der Waals surface area contributed by atoms with Gasteiger partial charge in [0.05, 0.1) is 17.2 Å². The lowest BCUT2D eigenvalue weighted by molar-refractivity contribution is -0.125. The van der Waals surface area contributed by atoms with Gasteiger partial charge < -0.3 is 16.0 Å². The zero-order chi connectivity index (χ0) is 23.2. The van der Waals surface area contributed by atoms with Crippen LogP contribution in [-0.4, -0.2) is 48.1 Å². The van der Waals surface area contributed by atoms with Crippen molar-refractivity contribution < 1.29 is 4.79 Å². The van der Waals surface area contributed by atoms with Crippen LogP contribution < -0.4 is 5.73 Å². The smallest absolute Gasteiger partial charge is 0.257 e. The number of piperidine rings is 1. The summed E-state index contributed by atoms with van der Waals surface area (Å²) in [6.07, 6.45) is 3.84. The number of carbonyl (C=O) groups is 1. The van der Waals surface area contributed by atoms with Crippen molar-refractivity contribution in [3.63, 3.8) is 0 Å². The van der Waals surface area contributed by atoms with E-state index < -0.39 is 0 Å². The molecule has 1 unspecified atom stereocenters. The molecule has 1 amide bonds. The van der Waals surface area contributed by atoms with Gasteiger partial charge in [0.15, 0.2) is 0 Å². The second kappa shape index (κ2) is 10.5. The Bertz CT molecular complexity index is 1050. The maximum absolute atomic E-state index is 13.2. The van der Waals surface area contributed by atoms with E-state index >= 15 is 0 Å². The average molecular weight is 442 g/mol. The van der Waals surface area contributed by atoms with E-state index in [2.05, 4.69) is 23.1 Å². The number of nitrogens with two attached hydrogens (primary N) is 1. The van der Waals surface area contributed by atoms with E-state index in [0.717, 1.165) is 45.1 Å². The standard InChI is InChI=1S/C27H31N5O/c28-16-20-6-8-21(9-7-20)18-31-13-10-23(11-14-31)26(30)25(17-29)27(33)32-15-12-24(19-32)22-4-2-1-3-5-22/h1-9,17,23-24,29H,10-15,18-19,30H2/b26-25+,29-17?. The van der Waals surface area contributed by atoms with Gasteiger partial charge >= 0.3 is 0 Å². The topological polar surface area (TPSA) is 97.2 Å². The zero-order valence-corrected chi connectivity index (χ0v) is 18.9. The minimum absolute atomic E-state index is 0.110. The lowest BCUT2D eigenvalue weighted by atomic mass is 9.90. The van der Waals surface area contributed by atoms with E-state index in [9.17, 15) is 4.79 Å². The average Bonchev–Trinajstić information content (AvgIpc) is 3.36. The molecule has 2 fully saturated rings. The molecule has 2 aliphatic rings. The lowest BCUT2D eigenvalue weighted by Gasteiger charge is -2.33. The quantitative estimate of drug-likeness (QED) is 0.528. The second-order valence-electron chi connectivity index (χ2n) is 9.02. The van der Waals surface area contributed by atoms with E-state index in [4.69, 9.17) is 16.4 Å². The van der Waals surface area contributed by atoms with Crippen molar-refractivity contribution in [2.24, 2.45) is 11.7 Å². The number of nitrogens with one attached hydrogen (secondary N) is 1. The van der Waals surface area contributed by atoms with Gasteiger partial charge in [-0.05, 0) is 55.6 Å². The fourth-order valence-corrected chi connectivity index (χ4v) is 4.95. The molecule has 0 radical (unpaired) electrons. The molecule has 0 saturated carbocycles. The molecule has 0 aliphatic carbocycles. The Morgan fingerprint density at radius 2 is 1.76 bits per heavy atom. The van der Waals surface area contributed by atoms with Crippen molar-refractivity contribution >= 4 is 12.1 Å². The molecule has 6 heteroatoms. The summed E-state index contributed by atoms with van der Waals surface area (Å²) in [6.45, 7) is 4.00. The summed E-state index contributed by atoms with van der Waals surface area (Å²) in [5.41, 5.74) is 10.5. The predicted molar refractivity (Wildman–Crippen MR) is 130 cm³/mol. The molecular weight excluding hydrogens is 410 g/mol. The molecule has 2 saturated heterocycles. The number of amides is 1. The van der Waals surface area contributed by atoms with Crippen LogP contribution in [0.5, 0.6) is 0 Å². The zero-order valence-electron chi connectivity index (χ0n) is 18.9. The maximum Gasteiger partial charge on any atom is 0.257 e. The second-order valence-corrected chi connectivity index (χ2v) is 9.02. The Labute approximate surface area is 195 Å². The number of likely N-dealkylation sites (tertiary alicyclic amines) is 2. The number of nitriles is 1. The number of allylic oxidation sites excluding steroid dienone is 1. The first-order valence-electron chi connectivity index (χ1n) is 11.6. The van der Waals surface area contributed by atoms with E-state index in [0.29, 0.717) is 35.8 Å².